The second-order valence-electron chi connectivity index (χ2n) is 5.63. The molecule has 0 radical (unpaired) electrons. The Kier molecular flexibility index (Phi) is 4.71. The molecule has 2 aromatic heterocycles. The predicted molar refractivity (Wildman–Crippen MR) is 85.4 cm³/mol. The molecule has 0 unspecified atom stereocenters. The molecule has 0 N–H and O–H groups in total. The van der Waals surface area contributed by atoms with E-state index in [0.29, 0.717) is 13.2 Å². The van der Waals surface area contributed by atoms with E-state index in [1.807, 2.05) is 26.0 Å². The van der Waals surface area contributed by atoms with Crippen LogP contribution in [0.15, 0.2) is 12.1 Å². The van der Waals surface area contributed by atoms with Gasteiger partial charge in [-0.15, -0.1) is 15.3 Å². The maximum atomic E-state index is 11.6. The standard InChI is InChI=1S/C15H22N6O2/c1-3-23-15(22)11-19-7-4-8-20(10-9-19)14-6-5-13-17-16-12(2)21(13)18-14/h5-6H,3-4,7-11H2,1-2H3. The number of esters is 1. The lowest BCUT2D eigenvalue weighted by Crippen LogP contribution is -2.35. The molecule has 1 aliphatic rings. The van der Waals surface area contributed by atoms with Gasteiger partial charge in [0.2, 0.25) is 0 Å². The first-order chi connectivity index (χ1) is 11.2. The lowest BCUT2D eigenvalue weighted by molar-refractivity contribution is -0.144. The van der Waals surface area contributed by atoms with Crippen molar-refractivity contribution >= 4 is 17.4 Å². The van der Waals surface area contributed by atoms with Gasteiger partial charge in [0.15, 0.2) is 11.5 Å². The first-order valence-corrected chi connectivity index (χ1v) is 7.99. The van der Waals surface area contributed by atoms with Gasteiger partial charge in [-0.05, 0) is 32.4 Å². The Labute approximate surface area is 135 Å². The third kappa shape index (κ3) is 3.58. The van der Waals surface area contributed by atoms with E-state index in [1.165, 1.54) is 0 Å². The number of aromatic nitrogens is 4. The fourth-order valence-corrected chi connectivity index (χ4v) is 2.80. The van der Waals surface area contributed by atoms with Crippen molar-refractivity contribution in [2.24, 2.45) is 0 Å². The summed E-state index contributed by atoms with van der Waals surface area (Å²) in [6.45, 7) is 7.97. The lowest BCUT2D eigenvalue weighted by Gasteiger charge is -2.22. The summed E-state index contributed by atoms with van der Waals surface area (Å²) in [6.07, 6.45) is 0.986. The summed E-state index contributed by atoms with van der Waals surface area (Å²) < 4.78 is 6.79. The molecule has 8 nitrogen and oxygen atoms in total. The van der Waals surface area contributed by atoms with Crippen molar-refractivity contribution in [1.82, 2.24) is 24.7 Å². The normalized spacial score (nSPS) is 16.5. The van der Waals surface area contributed by atoms with E-state index in [9.17, 15) is 4.79 Å². The minimum absolute atomic E-state index is 0.152. The Morgan fingerprint density at radius 3 is 2.91 bits per heavy atom. The van der Waals surface area contributed by atoms with Gasteiger partial charge < -0.3 is 9.64 Å². The number of hydrogen-bond donors (Lipinski definition) is 0. The van der Waals surface area contributed by atoms with Crippen molar-refractivity contribution in [3.05, 3.63) is 18.0 Å². The summed E-state index contributed by atoms with van der Waals surface area (Å²) in [5.41, 5.74) is 0.755. The van der Waals surface area contributed by atoms with Gasteiger partial charge >= 0.3 is 5.97 Å². The fraction of sp³-hybridized carbons (Fsp3) is 0.600. The van der Waals surface area contributed by atoms with Crippen LogP contribution in [0, 0.1) is 6.92 Å². The third-order valence-corrected chi connectivity index (χ3v) is 3.98. The molecule has 0 aromatic carbocycles. The van der Waals surface area contributed by atoms with Crippen LogP contribution in [-0.2, 0) is 9.53 Å². The van der Waals surface area contributed by atoms with Crippen molar-refractivity contribution in [2.45, 2.75) is 20.3 Å². The summed E-state index contributed by atoms with van der Waals surface area (Å²) in [6, 6.07) is 3.91. The van der Waals surface area contributed by atoms with Gasteiger partial charge in [0.1, 0.15) is 5.82 Å². The van der Waals surface area contributed by atoms with Crippen LogP contribution >= 0.6 is 0 Å². The van der Waals surface area contributed by atoms with Crippen molar-refractivity contribution < 1.29 is 9.53 Å². The van der Waals surface area contributed by atoms with E-state index >= 15 is 0 Å². The van der Waals surface area contributed by atoms with E-state index in [-0.39, 0.29) is 5.97 Å². The average Bonchev–Trinajstić information content (AvgIpc) is 2.76. The van der Waals surface area contributed by atoms with Gasteiger partial charge in [-0.25, -0.2) is 0 Å². The number of fused-ring (bicyclic) bond motifs is 1. The summed E-state index contributed by atoms with van der Waals surface area (Å²) in [5, 5.41) is 12.7. The van der Waals surface area contributed by atoms with Crippen LogP contribution in [0.3, 0.4) is 0 Å². The summed E-state index contributed by atoms with van der Waals surface area (Å²) in [7, 11) is 0. The Hall–Kier alpha value is -2.22. The zero-order valence-corrected chi connectivity index (χ0v) is 13.6. The second-order valence-corrected chi connectivity index (χ2v) is 5.63. The van der Waals surface area contributed by atoms with Gasteiger partial charge in [0.05, 0.1) is 13.2 Å². The molecule has 3 heterocycles. The third-order valence-electron chi connectivity index (χ3n) is 3.98. The quantitative estimate of drug-likeness (QED) is 0.760. The Bertz CT molecular complexity index is 686. The van der Waals surface area contributed by atoms with Crippen LogP contribution in [0.25, 0.3) is 5.65 Å². The molecule has 124 valence electrons. The SMILES string of the molecule is CCOC(=O)CN1CCCN(c2ccc3nnc(C)n3n2)CC1. The van der Waals surface area contributed by atoms with Crippen LogP contribution in [0.1, 0.15) is 19.2 Å². The molecule has 0 atom stereocenters. The monoisotopic (exact) mass is 318 g/mol. The Morgan fingerprint density at radius 1 is 1.22 bits per heavy atom. The molecule has 0 spiro atoms. The predicted octanol–water partition coefficient (Wildman–Crippen LogP) is 0.508. The molecule has 0 saturated carbocycles. The second kappa shape index (κ2) is 6.91. The molecular weight excluding hydrogens is 296 g/mol. The molecule has 8 heteroatoms. The molecule has 1 aliphatic heterocycles. The maximum absolute atomic E-state index is 11.6. The van der Waals surface area contributed by atoms with E-state index in [4.69, 9.17) is 4.74 Å². The lowest BCUT2D eigenvalue weighted by atomic mass is 10.3. The van der Waals surface area contributed by atoms with Crippen molar-refractivity contribution in [1.29, 1.82) is 0 Å². The first-order valence-electron chi connectivity index (χ1n) is 7.99. The molecule has 0 aliphatic carbocycles. The highest BCUT2D eigenvalue weighted by Gasteiger charge is 2.19. The van der Waals surface area contributed by atoms with E-state index in [1.54, 1.807) is 4.52 Å². The van der Waals surface area contributed by atoms with Crippen molar-refractivity contribution in [3.63, 3.8) is 0 Å². The Morgan fingerprint density at radius 2 is 2.09 bits per heavy atom. The van der Waals surface area contributed by atoms with Gasteiger partial charge in [0.25, 0.3) is 0 Å². The number of anilines is 1. The maximum Gasteiger partial charge on any atom is 0.320 e. The van der Waals surface area contributed by atoms with Gasteiger partial charge in [-0.2, -0.15) is 4.52 Å². The minimum atomic E-state index is -0.152. The topological polar surface area (TPSA) is 75.9 Å². The van der Waals surface area contributed by atoms with E-state index in [0.717, 1.165) is 49.9 Å². The smallest absolute Gasteiger partial charge is 0.320 e. The largest absolute Gasteiger partial charge is 0.465 e. The van der Waals surface area contributed by atoms with Gasteiger partial charge in [-0.3, -0.25) is 9.69 Å². The van der Waals surface area contributed by atoms with Crippen LogP contribution < -0.4 is 4.90 Å². The van der Waals surface area contributed by atoms with E-state index in [2.05, 4.69) is 25.1 Å². The molecule has 1 fully saturated rings. The zero-order chi connectivity index (χ0) is 16.2. The van der Waals surface area contributed by atoms with Crippen LogP contribution in [0.5, 0.6) is 0 Å². The molecular formula is C15H22N6O2. The number of rotatable bonds is 4. The molecule has 0 bridgehead atoms. The number of carbonyl (C=O) groups excluding carboxylic acids is 1. The average molecular weight is 318 g/mol. The van der Waals surface area contributed by atoms with Crippen LogP contribution in [0.2, 0.25) is 0 Å². The summed E-state index contributed by atoms with van der Waals surface area (Å²) >= 11 is 0. The minimum Gasteiger partial charge on any atom is -0.465 e. The number of nitrogens with zero attached hydrogens (tertiary/aromatic N) is 6. The van der Waals surface area contributed by atoms with Gasteiger partial charge in [0, 0.05) is 26.2 Å². The molecule has 1 saturated heterocycles. The van der Waals surface area contributed by atoms with Crippen LogP contribution in [0.4, 0.5) is 5.82 Å². The molecule has 23 heavy (non-hydrogen) atoms. The molecule has 0 amide bonds. The highest BCUT2D eigenvalue weighted by molar-refractivity contribution is 5.71. The molecule has 2 aromatic rings. The number of hydrogen-bond acceptors (Lipinski definition) is 7. The number of ether oxygens (including phenoxy) is 1. The van der Waals surface area contributed by atoms with Gasteiger partial charge in [-0.1, -0.05) is 0 Å². The van der Waals surface area contributed by atoms with E-state index < -0.39 is 0 Å². The fourth-order valence-electron chi connectivity index (χ4n) is 2.80. The van der Waals surface area contributed by atoms with Crippen LogP contribution in [-0.4, -0.2) is 70.0 Å². The Balaban J connectivity index is 1.66. The number of aryl methyl sites for hydroxylation is 1. The highest BCUT2D eigenvalue weighted by atomic mass is 16.5. The highest BCUT2D eigenvalue weighted by Crippen LogP contribution is 2.15. The first kappa shape index (κ1) is 15.7. The van der Waals surface area contributed by atoms with Crippen molar-refractivity contribution in [3.8, 4) is 0 Å². The summed E-state index contributed by atoms with van der Waals surface area (Å²) in [5.74, 6) is 1.54. The summed E-state index contributed by atoms with van der Waals surface area (Å²) in [4.78, 5) is 16.0. The number of carbonyl (C=O) groups is 1. The molecule has 3 rings (SSSR count). The zero-order valence-electron chi connectivity index (χ0n) is 13.6. The van der Waals surface area contributed by atoms with Crippen molar-refractivity contribution in [2.75, 3.05) is 44.2 Å².